The Morgan fingerprint density at radius 3 is 2.11 bits per heavy atom. The van der Waals surface area contributed by atoms with E-state index in [0.29, 0.717) is 6.04 Å². The summed E-state index contributed by atoms with van der Waals surface area (Å²) in [5, 5.41) is 0. The highest BCUT2D eigenvalue weighted by Crippen LogP contribution is 2.48. The van der Waals surface area contributed by atoms with Gasteiger partial charge in [-0.3, -0.25) is 14.3 Å². The van der Waals surface area contributed by atoms with Crippen molar-refractivity contribution in [3.05, 3.63) is 107 Å². The molecule has 1 aliphatic heterocycles. The van der Waals surface area contributed by atoms with Crippen LogP contribution >= 0.6 is 0 Å². The molecule has 0 saturated heterocycles. The molecule has 0 unspecified atom stereocenters. The van der Waals surface area contributed by atoms with E-state index in [9.17, 15) is 4.79 Å². The van der Waals surface area contributed by atoms with Gasteiger partial charge in [0.1, 0.15) is 25.0 Å². The molecule has 1 saturated carbocycles. The number of hydrogen-bond acceptors (Lipinski definition) is 2. The van der Waals surface area contributed by atoms with Crippen LogP contribution in [-0.2, 0) is 16.8 Å². The van der Waals surface area contributed by atoms with E-state index in [1.54, 1.807) is 0 Å². The Morgan fingerprint density at radius 1 is 0.914 bits per heavy atom. The van der Waals surface area contributed by atoms with Crippen LogP contribution in [-0.4, -0.2) is 40.3 Å². The summed E-state index contributed by atoms with van der Waals surface area (Å²) >= 11 is 0. The van der Waals surface area contributed by atoms with Gasteiger partial charge in [-0.2, -0.15) is 0 Å². The Morgan fingerprint density at radius 2 is 1.51 bits per heavy atom. The molecule has 0 spiro atoms. The summed E-state index contributed by atoms with van der Waals surface area (Å²) in [6.07, 6.45) is 3.02. The zero-order valence-corrected chi connectivity index (χ0v) is 20.9. The van der Waals surface area contributed by atoms with E-state index in [2.05, 4.69) is 71.9 Å². The fourth-order valence-corrected chi connectivity index (χ4v) is 6.53. The Labute approximate surface area is 209 Å². The van der Waals surface area contributed by atoms with Crippen molar-refractivity contribution < 1.29 is 9.37 Å². The van der Waals surface area contributed by atoms with E-state index in [1.807, 2.05) is 36.4 Å². The normalized spacial score (nSPS) is 20.5. The Bertz CT molecular complexity index is 1180. The zero-order valence-electron chi connectivity index (χ0n) is 20.9. The number of primary amides is 1. The standard InChI is InChI=1S/C31H35N3O/c1-23-11-9-10-12-25(23)22-33-19-20-34(24(33)2)29-18-17-28(21-29)31(30(32)35,26-13-5-3-6-14-26)27-15-7-4-8-16-27/h3-16,28-29H,17-22H2,1-2H3,(H-,32,35)/p+1/t28-,29+/m1/s1. The van der Waals surface area contributed by atoms with Crippen LogP contribution in [0.5, 0.6) is 0 Å². The topological polar surface area (TPSA) is 49.3 Å². The molecule has 1 amide bonds. The lowest BCUT2D eigenvalue weighted by Crippen LogP contribution is -2.48. The van der Waals surface area contributed by atoms with E-state index in [4.69, 9.17) is 5.73 Å². The summed E-state index contributed by atoms with van der Waals surface area (Å²) in [7, 11) is 0. The predicted octanol–water partition coefficient (Wildman–Crippen LogP) is 4.88. The second-order valence-corrected chi connectivity index (χ2v) is 10.2. The van der Waals surface area contributed by atoms with Gasteiger partial charge in [-0.25, -0.2) is 0 Å². The summed E-state index contributed by atoms with van der Waals surface area (Å²) < 4.78 is 2.51. The van der Waals surface area contributed by atoms with Crippen molar-refractivity contribution in [3.63, 3.8) is 0 Å². The fourth-order valence-electron chi connectivity index (χ4n) is 6.53. The summed E-state index contributed by atoms with van der Waals surface area (Å²) in [5.41, 5.74) is 10.2. The van der Waals surface area contributed by atoms with Crippen LogP contribution in [0.4, 0.5) is 0 Å². The SMILES string of the molecule is CC1=[N+](Cc2ccccc2C)CCN1[C@H]1CC[C@@H](C(C(N)=O)(c2ccccc2)c2ccccc2)C1. The molecule has 3 aromatic rings. The van der Waals surface area contributed by atoms with Crippen molar-refractivity contribution in [2.45, 2.75) is 51.1 Å². The van der Waals surface area contributed by atoms with Crippen LogP contribution in [0.15, 0.2) is 84.9 Å². The summed E-state index contributed by atoms with van der Waals surface area (Å²) in [4.78, 5) is 16.0. The van der Waals surface area contributed by atoms with E-state index >= 15 is 0 Å². The highest BCUT2D eigenvalue weighted by molar-refractivity contribution is 5.91. The third kappa shape index (κ3) is 4.16. The van der Waals surface area contributed by atoms with Gasteiger partial charge >= 0.3 is 0 Å². The zero-order chi connectivity index (χ0) is 24.4. The molecule has 3 aromatic carbocycles. The van der Waals surface area contributed by atoms with Crippen molar-refractivity contribution in [3.8, 4) is 0 Å². The number of rotatable bonds is 7. The second kappa shape index (κ2) is 9.69. The van der Waals surface area contributed by atoms with E-state index < -0.39 is 5.41 Å². The van der Waals surface area contributed by atoms with Gasteiger partial charge in [-0.05, 0) is 54.4 Å². The average Bonchev–Trinajstić information content (AvgIpc) is 3.49. The first-order valence-electron chi connectivity index (χ1n) is 12.8. The number of amides is 1. The van der Waals surface area contributed by atoms with Crippen molar-refractivity contribution in [1.82, 2.24) is 4.90 Å². The number of amidine groups is 1. The maximum Gasteiger partial charge on any atom is 0.244 e. The van der Waals surface area contributed by atoms with E-state index in [-0.39, 0.29) is 11.8 Å². The van der Waals surface area contributed by atoms with Crippen molar-refractivity contribution >= 4 is 11.7 Å². The Kier molecular flexibility index (Phi) is 6.46. The first-order chi connectivity index (χ1) is 17.0. The molecular formula is C31H36N3O+. The minimum atomic E-state index is -0.814. The highest BCUT2D eigenvalue weighted by atomic mass is 16.1. The van der Waals surface area contributed by atoms with Crippen LogP contribution in [0.1, 0.15) is 48.4 Å². The van der Waals surface area contributed by atoms with Crippen molar-refractivity contribution in [1.29, 1.82) is 0 Å². The molecule has 2 N–H and O–H groups in total. The van der Waals surface area contributed by atoms with Crippen LogP contribution in [0.3, 0.4) is 0 Å². The van der Waals surface area contributed by atoms with Gasteiger partial charge in [-0.15, -0.1) is 0 Å². The summed E-state index contributed by atoms with van der Waals surface area (Å²) in [6, 6.07) is 29.4. The lowest BCUT2D eigenvalue weighted by Gasteiger charge is -2.37. The maximum atomic E-state index is 13.4. The molecule has 2 aliphatic rings. The van der Waals surface area contributed by atoms with Crippen molar-refractivity contribution in [2.24, 2.45) is 11.7 Å². The number of nitrogens with two attached hydrogens (primary N) is 1. The van der Waals surface area contributed by atoms with Crippen molar-refractivity contribution in [2.75, 3.05) is 13.1 Å². The van der Waals surface area contributed by atoms with Gasteiger partial charge in [0, 0.05) is 6.92 Å². The van der Waals surface area contributed by atoms with Gasteiger partial charge in [0.15, 0.2) is 0 Å². The molecule has 35 heavy (non-hydrogen) atoms. The number of nitrogens with zero attached hydrogens (tertiary/aromatic N) is 2. The quantitative estimate of drug-likeness (QED) is 0.505. The van der Waals surface area contributed by atoms with Crippen LogP contribution in [0, 0.1) is 12.8 Å². The minimum Gasteiger partial charge on any atom is -0.369 e. The molecule has 180 valence electrons. The molecular weight excluding hydrogens is 430 g/mol. The Hall–Kier alpha value is -3.40. The van der Waals surface area contributed by atoms with Crippen LogP contribution < -0.4 is 5.73 Å². The number of benzene rings is 3. The molecule has 1 fully saturated rings. The van der Waals surface area contributed by atoms with E-state index in [1.165, 1.54) is 17.0 Å². The number of hydrogen-bond donors (Lipinski definition) is 1. The molecule has 0 bridgehead atoms. The Balaban J connectivity index is 1.44. The summed E-state index contributed by atoms with van der Waals surface area (Å²) in [6.45, 7) is 7.48. The predicted molar refractivity (Wildman–Crippen MR) is 141 cm³/mol. The lowest BCUT2D eigenvalue weighted by molar-refractivity contribution is -0.534. The third-order valence-corrected chi connectivity index (χ3v) is 8.41. The monoisotopic (exact) mass is 466 g/mol. The molecule has 1 heterocycles. The smallest absolute Gasteiger partial charge is 0.244 e. The largest absolute Gasteiger partial charge is 0.369 e. The average molecular weight is 467 g/mol. The second-order valence-electron chi connectivity index (χ2n) is 10.2. The lowest BCUT2D eigenvalue weighted by atomic mass is 9.64. The molecule has 4 heteroatoms. The van der Waals surface area contributed by atoms with E-state index in [0.717, 1.165) is 50.0 Å². The summed E-state index contributed by atoms with van der Waals surface area (Å²) in [5.74, 6) is 1.26. The van der Waals surface area contributed by atoms with Gasteiger partial charge in [0.25, 0.3) is 0 Å². The highest BCUT2D eigenvalue weighted by Gasteiger charge is 2.52. The molecule has 2 atom stereocenters. The maximum absolute atomic E-state index is 13.4. The fraction of sp³-hybridized carbons (Fsp3) is 0.355. The first-order valence-corrected chi connectivity index (χ1v) is 12.8. The molecule has 0 radical (unpaired) electrons. The first kappa shape index (κ1) is 23.3. The minimum absolute atomic E-state index is 0.160. The molecule has 4 nitrogen and oxygen atoms in total. The van der Waals surface area contributed by atoms with Gasteiger partial charge in [0.05, 0.1) is 6.04 Å². The molecule has 0 aromatic heterocycles. The number of aryl methyl sites for hydroxylation is 1. The molecule has 1 aliphatic carbocycles. The third-order valence-electron chi connectivity index (χ3n) is 8.41. The van der Waals surface area contributed by atoms with Gasteiger partial charge < -0.3 is 5.73 Å². The van der Waals surface area contributed by atoms with Gasteiger partial charge in [0.2, 0.25) is 11.7 Å². The van der Waals surface area contributed by atoms with Gasteiger partial charge in [-0.1, -0.05) is 84.9 Å². The van der Waals surface area contributed by atoms with Crippen LogP contribution in [0.2, 0.25) is 0 Å². The van der Waals surface area contributed by atoms with Crippen LogP contribution in [0.25, 0.3) is 0 Å². The number of carbonyl (C=O) groups excluding carboxylic acids is 1. The number of carbonyl (C=O) groups is 1. The molecule has 5 rings (SSSR count).